The molecule has 17 heavy (non-hydrogen) atoms. The number of ether oxygens (including phenoxy) is 1. The first-order valence-electron chi connectivity index (χ1n) is 5.98. The summed E-state index contributed by atoms with van der Waals surface area (Å²) in [4.78, 5) is 0. The van der Waals surface area contributed by atoms with E-state index in [0.717, 1.165) is 37.3 Å². The number of benzene rings is 1. The SMILES string of the molecule is c1ccc(-c2cn(C3CCOCC3)nn2)cc1. The van der Waals surface area contributed by atoms with E-state index in [1.165, 1.54) is 0 Å². The summed E-state index contributed by atoms with van der Waals surface area (Å²) in [6.45, 7) is 1.65. The fourth-order valence-electron chi connectivity index (χ4n) is 2.15. The first-order valence-corrected chi connectivity index (χ1v) is 5.98. The molecule has 3 rings (SSSR count). The van der Waals surface area contributed by atoms with Gasteiger partial charge < -0.3 is 4.74 Å². The molecule has 4 nitrogen and oxygen atoms in total. The minimum atomic E-state index is 0.439. The van der Waals surface area contributed by atoms with E-state index in [4.69, 9.17) is 4.74 Å². The lowest BCUT2D eigenvalue weighted by Crippen LogP contribution is -2.19. The normalized spacial score (nSPS) is 17.2. The van der Waals surface area contributed by atoms with Gasteiger partial charge in [0, 0.05) is 18.8 Å². The number of rotatable bonds is 2. The van der Waals surface area contributed by atoms with Gasteiger partial charge in [-0.1, -0.05) is 35.5 Å². The van der Waals surface area contributed by atoms with Gasteiger partial charge in [-0.2, -0.15) is 0 Å². The average Bonchev–Trinajstić information content (AvgIpc) is 2.90. The number of aromatic nitrogens is 3. The highest BCUT2D eigenvalue weighted by Crippen LogP contribution is 2.22. The number of hydrogen-bond donors (Lipinski definition) is 0. The van der Waals surface area contributed by atoms with Crippen molar-refractivity contribution in [2.24, 2.45) is 0 Å². The summed E-state index contributed by atoms with van der Waals surface area (Å²) in [6, 6.07) is 10.6. The summed E-state index contributed by atoms with van der Waals surface area (Å²) in [5.41, 5.74) is 2.06. The van der Waals surface area contributed by atoms with E-state index in [2.05, 4.69) is 22.4 Å². The average molecular weight is 229 g/mol. The van der Waals surface area contributed by atoms with E-state index in [-0.39, 0.29) is 0 Å². The van der Waals surface area contributed by atoms with Crippen LogP contribution in [0.3, 0.4) is 0 Å². The molecule has 1 aromatic carbocycles. The molecule has 4 heteroatoms. The zero-order chi connectivity index (χ0) is 11.5. The Morgan fingerprint density at radius 1 is 1.12 bits per heavy atom. The zero-order valence-corrected chi connectivity index (χ0v) is 9.62. The molecule has 0 bridgehead atoms. The molecule has 0 atom stereocenters. The molecular weight excluding hydrogens is 214 g/mol. The summed E-state index contributed by atoms with van der Waals surface area (Å²) in [5, 5.41) is 8.46. The summed E-state index contributed by atoms with van der Waals surface area (Å²) in [6.07, 6.45) is 4.08. The van der Waals surface area contributed by atoms with Crippen LogP contribution in [0.15, 0.2) is 36.5 Å². The van der Waals surface area contributed by atoms with E-state index in [1.54, 1.807) is 0 Å². The highest BCUT2D eigenvalue weighted by Gasteiger charge is 2.17. The molecule has 2 heterocycles. The van der Waals surface area contributed by atoms with Crippen LogP contribution in [-0.2, 0) is 4.74 Å². The maximum absolute atomic E-state index is 5.35. The van der Waals surface area contributed by atoms with Gasteiger partial charge in [0.1, 0.15) is 5.69 Å². The van der Waals surface area contributed by atoms with E-state index >= 15 is 0 Å². The van der Waals surface area contributed by atoms with Crippen molar-refractivity contribution in [2.45, 2.75) is 18.9 Å². The predicted molar refractivity (Wildman–Crippen MR) is 64.5 cm³/mol. The first kappa shape index (κ1) is 10.5. The van der Waals surface area contributed by atoms with Crippen molar-refractivity contribution in [1.29, 1.82) is 0 Å². The molecule has 2 aromatic rings. The second-order valence-electron chi connectivity index (χ2n) is 4.29. The van der Waals surface area contributed by atoms with Crippen molar-refractivity contribution in [3.8, 4) is 11.3 Å². The summed E-state index contributed by atoms with van der Waals surface area (Å²) < 4.78 is 7.33. The van der Waals surface area contributed by atoms with Crippen LogP contribution in [0, 0.1) is 0 Å². The molecule has 1 aliphatic heterocycles. The molecule has 0 N–H and O–H groups in total. The molecular formula is C13H15N3O. The van der Waals surface area contributed by atoms with Gasteiger partial charge in [-0.3, -0.25) is 0 Å². The van der Waals surface area contributed by atoms with Crippen LogP contribution >= 0.6 is 0 Å². The molecule has 0 spiro atoms. The van der Waals surface area contributed by atoms with Crippen molar-refractivity contribution in [2.75, 3.05) is 13.2 Å². The second kappa shape index (κ2) is 4.67. The number of nitrogens with zero attached hydrogens (tertiary/aromatic N) is 3. The van der Waals surface area contributed by atoms with Gasteiger partial charge >= 0.3 is 0 Å². The maximum Gasteiger partial charge on any atom is 0.113 e. The van der Waals surface area contributed by atoms with Gasteiger partial charge in [-0.25, -0.2) is 4.68 Å². The summed E-state index contributed by atoms with van der Waals surface area (Å²) in [7, 11) is 0. The van der Waals surface area contributed by atoms with Crippen LogP contribution in [0.4, 0.5) is 0 Å². The Labute approximate surface area is 100 Å². The molecule has 1 saturated heterocycles. The molecule has 1 fully saturated rings. The lowest BCUT2D eigenvalue weighted by Gasteiger charge is -2.21. The Kier molecular flexibility index (Phi) is 2.88. The van der Waals surface area contributed by atoms with E-state index in [1.807, 2.05) is 29.1 Å². The van der Waals surface area contributed by atoms with Crippen molar-refractivity contribution < 1.29 is 4.74 Å². The van der Waals surface area contributed by atoms with Gasteiger partial charge in [-0.15, -0.1) is 5.10 Å². The Morgan fingerprint density at radius 2 is 1.88 bits per heavy atom. The molecule has 0 radical (unpaired) electrons. The summed E-state index contributed by atoms with van der Waals surface area (Å²) in [5.74, 6) is 0. The van der Waals surface area contributed by atoms with Crippen LogP contribution < -0.4 is 0 Å². The molecule has 0 saturated carbocycles. The van der Waals surface area contributed by atoms with E-state index in [0.29, 0.717) is 6.04 Å². The third-order valence-electron chi connectivity index (χ3n) is 3.14. The van der Waals surface area contributed by atoms with E-state index < -0.39 is 0 Å². The molecule has 1 aromatic heterocycles. The number of hydrogen-bond acceptors (Lipinski definition) is 3. The molecule has 0 aliphatic carbocycles. The third-order valence-corrected chi connectivity index (χ3v) is 3.14. The quantitative estimate of drug-likeness (QED) is 0.793. The van der Waals surface area contributed by atoms with Crippen molar-refractivity contribution in [1.82, 2.24) is 15.0 Å². The molecule has 1 aliphatic rings. The van der Waals surface area contributed by atoms with Gasteiger partial charge in [0.15, 0.2) is 0 Å². The van der Waals surface area contributed by atoms with Crippen molar-refractivity contribution >= 4 is 0 Å². The largest absolute Gasteiger partial charge is 0.381 e. The topological polar surface area (TPSA) is 39.9 Å². The second-order valence-corrected chi connectivity index (χ2v) is 4.29. The van der Waals surface area contributed by atoms with Crippen LogP contribution in [0.25, 0.3) is 11.3 Å². The Hall–Kier alpha value is -1.68. The van der Waals surface area contributed by atoms with Crippen LogP contribution in [0.5, 0.6) is 0 Å². The third kappa shape index (κ3) is 2.22. The first-order chi connectivity index (χ1) is 8.43. The van der Waals surface area contributed by atoms with E-state index in [9.17, 15) is 0 Å². The Morgan fingerprint density at radius 3 is 2.65 bits per heavy atom. The highest BCUT2D eigenvalue weighted by molar-refractivity contribution is 5.57. The van der Waals surface area contributed by atoms with Gasteiger partial charge in [0.25, 0.3) is 0 Å². The summed E-state index contributed by atoms with van der Waals surface area (Å²) >= 11 is 0. The highest BCUT2D eigenvalue weighted by atomic mass is 16.5. The smallest absolute Gasteiger partial charge is 0.113 e. The maximum atomic E-state index is 5.35. The fourth-order valence-corrected chi connectivity index (χ4v) is 2.15. The minimum Gasteiger partial charge on any atom is -0.381 e. The predicted octanol–water partition coefficient (Wildman–Crippen LogP) is 2.30. The molecule has 0 unspecified atom stereocenters. The van der Waals surface area contributed by atoms with Gasteiger partial charge in [0.2, 0.25) is 0 Å². The lowest BCUT2D eigenvalue weighted by atomic mass is 10.1. The Bertz CT molecular complexity index is 474. The van der Waals surface area contributed by atoms with Crippen LogP contribution in [-0.4, -0.2) is 28.2 Å². The van der Waals surface area contributed by atoms with Crippen molar-refractivity contribution in [3.63, 3.8) is 0 Å². The monoisotopic (exact) mass is 229 g/mol. The van der Waals surface area contributed by atoms with Crippen molar-refractivity contribution in [3.05, 3.63) is 36.5 Å². The van der Waals surface area contributed by atoms with Gasteiger partial charge in [-0.05, 0) is 12.8 Å². The van der Waals surface area contributed by atoms with Crippen LogP contribution in [0.1, 0.15) is 18.9 Å². The standard InChI is InChI=1S/C13H15N3O/c1-2-4-11(5-3-1)13-10-16(15-14-13)12-6-8-17-9-7-12/h1-5,10,12H,6-9H2. The molecule has 0 amide bonds. The molecule has 88 valence electrons. The minimum absolute atomic E-state index is 0.439. The van der Waals surface area contributed by atoms with Gasteiger partial charge in [0.05, 0.1) is 12.2 Å². The van der Waals surface area contributed by atoms with Crippen LogP contribution in [0.2, 0.25) is 0 Å². The Balaban J connectivity index is 1.83. The fraction of sp³-hybridized carbons (Fsp3) is 0.385. The lowest BCUT2D eigenvalue weighted by molar-refractivity contribution is 0.0657. The zero-order valence-electron chi connectivity index (χ0n) is 9.62.